The first kappa shape index (κ1) is 14.3. The molecule has 1 nitrogen and oxygen atoms in total. The fourth-order valence-corrected chi connectivity index (χ4v) is 3.23. The monoisotopic (exact) mass is 279 g/mol. The molecule has 1 aliphatic rings. The van der Waals surface area contributed by atoms with E-state index in [9.17, 15) is 0 Å². The van der Waals surface area contributed by atoms with Gasteiger partial charge < -0.3 is 5.32 Å². The molecule has 0 radical (unpaired) electrons. The maximum atomic E-state index is 3.74. The Kier molecular flexibility index (Phi) is 4.40. The molecule has 0 saturated carbocycles. The molecule has 0 bridgehead atoms. The zero-order valence-corrected chi connectivity index (χ0v) is 13.1. The molecule has 0 spiro atoms. The standard InChI is InChI=1S/C20H25N/c1-15(2)17-12-10-16(11-13-17)14-21-20-9-5-7-18-6-3-4-8-19(18)20/h3-4,6,8,10-13,15,20-21H,5,7,9,14H2,1-2H3. The molecule has 0 amide bonds. The summed E-state index contributed by atoms with van der Waals surface area (Å²) < 4.78 is 0. The molecule has 3 rings (SSSR count). The number of fused-ring (bicyclic) bond motifs is 1. The van der Waals surface area contributed by atoms with Crippen molar-refractivity contribution in [3.8, 4) is 0 Å². The molecule has 0 saturated heterocycles. The lowest BCUT2D eigenvalue weighted by molar-refractivity contribution is 0.459. The highest BCUT2D eigenvalue weighted by Gasteiger charge is 2.18. The van der Waals surface area contributed by atoms with Gasteiger partial charge in [-0.2, -0.15) is 0 Å². The lowest BCUT2D eigenvalue weighted by Crippen LogP contribution is -2.24. The Bertz CT molecular complexity index is 583. The van der Waals surface area contributed by atoms with E-state index in [0.717, 1.165) is 6.54 Å². The fraction of sp³-hybridized carbons (Fsp3) is 0.400. The summed E-state index contributed by atoms with van der Waals surface area (Å²) in [6.45, 7) is 5.44. The van der Waals surface area contributed by atoms with E-state index in [1.165, 1.54) is 41.5 Å². The molecular formula is C20H25N. The summed E-state index contributed by atoms with van der Waals surface area (Å²) in [5.41, 5.74) is 5.82. The number of benzene rings is 2. The van der Waals surface area contributed by atoms with Gasteiger partial charge in [0.05, 0.1) is 0 Å². The van der Waals surface area contributed by atoms with Crippen LogP contribution in [0.1, 0.15) is 60.9 Å². The molecule has 0 aliphatic heterocycles. The second kappa shape index (κ2) is 6.44. The average molecular weight is 279 g/mol. The van der Waals surface area contributed by atoms with E-state index in [4.69, 9.17) is 0 Å². The highest BCUT2D eigenvalue weighted by molar-refractivity contribution is 5.32. The van der Waals surface area contributed by atoms with E-state index in [2.05, 4.69) is 67.7 Å². The molecule has 0 fully saturated rings. The van der Waals surface area contributed by atoms with Crippen LogP contribution in [0.5, 0.6) is 0 Å². The minimum Gasteiger partial charge on any atom is -0.306 e. The second-order valence-corrected chi connectivity index (χ2v) is 6.42. The fourth-order valence-electron chi connectivity index (χ4n) is 3.23. The highest BCUT2D eigenvalue weighted by atomic mass is 14.9. The van der Waals surface area contributed by atoms with Gasteiger partial charge in [-0.15, -0.1) is 0 Å². The molecule has 2 aromatic carbocycles. The van der Waals surface area contributed by atoms with Crippen molar-refractivity contribution >= 4 is 0 Å². The average Bonchev–Trinajstić information content (AvgIpc) is 2.53. The first-order valence-corrected chi connectivity index (χ1v) is 8.14. The van der Waals surface area contributed by atoms with Gasteiger partial charge in [0.25, 0.3) is 0 Å². The van der Waals surface area contributed by atoms with Crippen LogP contribution in [0.25, 0.3) is 0 Å². The summed E-state index contributed by atoms with van der Waals surface area (Å²) >= 11 is 0. The van der Waals surface area contributed by atoms with E-state index in [1.807, 2.05) is 0 Å². The Morgan fingerprint density at radius 3 is 2.57 bits per heavy atom. The van der Waals surface area contributed by atoms with Crippen molar-refractivity contribution in [2.24, 2.45) is 0 Å². The van der Waals surface area contributed by atoms with Gasteiger partial charge in [0.2, 0.25) is 0 Å². The van der Waals surface area contributed by atoms with Gasteiger partial charge in [0.1, 0.15) is 0 Å². The number of aryl methyl sites for hydroxylation is 1. The predicted octanol–water partition coefficient (Wildman–Crippen LogP) is 4.98. The minimum atomic E-state index is 0.514. The number of rotatable bonds is 4. The molecule has 1 aliphatic carbocycles. The van der Waals surface area contributed by atoms with Crippen molar-refractivity contribution in [3.05, 3.63) is 70.8 Å². The van der Waals surface area contributed by atoms with Crippen LogP contribution in [-0.2, 0) is 13.0 Å². The number of hydrogen-bond acceptors (Lipinski definition) is 1. The molecule has 0 heterocycles. The Morgan fingerprint density at radius 2 is 1.81 bits per heavy atom. The Hall–Kier alpha value is -1.60. The molecule has 21 heavy (non-hydrogen) atoms. The third-order valence-corrected chi connectivity index (χ3v) is 4.57. The van der Waals surface area contributed by atoms with Crippen LogP contribution < -0.4 is 5.32 Å². The zero-order chi connectivity index (χ0) is 14.7. The summed E-state index contributed by atoms with van der Waals surface area (Å²) in [5.74, 6) is 0.609. The number of nitrogens with one attached hydrogen (secondary N) is 1. The van der Waals surface area contributed by atoms with Crippen LogP contribution in [0, 0.1) is 0 Å². The van der Waals surface area contributed by atoms with Crippen molar-refractivity contribution in [2.45, 2.75) is 51.6 Å². The molecular weight excluding hydrogens is 254 g/mol. The van der Waals surface area contributed by atoms with Crippen LogP contribution in [0.3, 0.4) is 0 Å². The van der Waals surface area contributed by atoms with Gasteiger partial charge in [0.15, 0.2) is 0 Å². The summed E-state index contributed by atoms with van der Waals surface area (Å²) in [4.78, 5) is 0. The highest BCUT2D eigenvalue weighted by Crippen LogP contribution is 2.29. The smallest absolute Gasteiger partial charge is 0.0326 e. The largest absolute Gasteiger partial charge is 0.306 e. The SMILES string of the molecule is CC(C)c1ccc(CNC2CCCc3ccccc32)cc1. The summed E-state index contributed by atoms with van der Waals surface area (Å²) in [6, 6.07) is 18.4. The maximum Gasteiger partial charge on any atom is 0.0326 e. The number of hydrogen-bond donors (Lipinski definition) is 1. The van der Waals surface area contributed by atoms with Crippen LogP contribution in [0.15, 0.2) is 48.5 Å². The lowest BCUT2D eigenvalue weighted by Gasteiger charge is -2.26. The maximum absolute atomic E-state index is 3.74. The molecule has 1 unspecified atom stereocenters. The van der Waals surface area contributed by atoms with Crippen molar-refractivity contribution in [1.82, 2.24) is 5.32 Å². The lowest BCUT2D eigenvalue weighted by atomic mass is 9.87. The normalized spacial score (nSPS) is 17.8. The van der Waals surface area contributed by atoms with Crippen LogP contribution in [-0.4, -0.2) is 0 Å². The Morgan fingerprint density at radius 1 is 1.05 bits per heavy atom. The summed E-state index contributed by atoms with van der Waals surface area (Å²) in [6.07, 6.45) is 3.78. The van der Waals surface area contributed by atoms with E-state index < -0.39 is 0 Å². The quantitative estimate of drug-likeness (QED) is 0.832. The van der Waals surface area contributed by atoms with Gasteiger partial charge in [-0.05, 0) is 47.4 Å². The summed E-state index contributed by atoms with van der Waals surface area (Å²) in [7, 11) is 0. The summed E-state index contributed by atoms with van der Waals surface area (Å²) in [5, 5.41) is 3.74. The van der Waals surface area contributed by atoms with Gasteiger partial charge >= 0.3 is 0 Å². The van der Waals surface area contributed by atoms with Gasteiger partial charge in [-0.1, -0.05) is 62.4 Å². The second-order valence-electron chi connectivity index (χ2n) is 6.42. The third kappa shape index (κ3) is 3.36. The topological polar surface area (TPSA) is 12.0 Å². The van der Waals surface area contributed by atoms with E-state index in [1.54, 1.807) is 0 Å². The van der Waals surface area contributed by atoms with Crippen molar-refractivity contribution in [2.75, 3.05) is 0 Å². The molecule has 110 valence electrons. The van der Waals surface area contributed by atoms with E-state index in [-0.39, 0.29) is 0 Å². The molecule has 1 atom stereocenters. The van der Waals surface area contributed by atoms with Gasteiger partial charge in [-0.25, -0.2) is 0 Å². The Labute approximate surface area is 128 Å². The first-order valence-electron chi connectivity index (χ1n) is 8.14. The molecule has 1 heteroatoms. The Balaban J connectivity index is 1.66. The minimum absolute atomic E-state index is 0.514. The van der Waals surface area contributed by atoms with Gasteiger partial charge in [0, 0.05) is 12.6 Å². The van der Waals surface area contributed by atoms with Crippen molar-refractivity contribution < 1.29 is 0 Å². The van der Waals surface area contributed by atoms with E-state index >= 15 is 0 Å². The predicted molar refractivity (Wildman–Crippen MR) is 89.5 cm³/mol. The molecule has 2 aromatic rings. The van der Waals surface area contributed by atoms with Crippen LogP contribution in [0.4, 0.5) is 0 Å². The molecule has 0 aromatic heterocycles. The third-order valence-electron chi connectivity index (χ3n) is 4.57. The van der Waals surface area contributed by atoms with Crippen LogP contribution in [0.2, 0.25) is 0 Å². The van der Waals surface area contributed by atoms with Crippen molar-refractivity contribution in [1.29, 1.82) is 0 Å². The molecule has 1 N–H and O–H groups in total. The van der Waals surface area contributed by atoms with Crippen molar-refractivity contribution in [3.63, 3.8) is 0 Å². The van der Waals surface area contributed by atoms with Crippen LogP contribution >= 0.6 is 0 Å². The zero-order valence-electron chi connectivity index (χ0n) is 13.1. The van der Waals surface area contributed by atoms with Gasteiger partial charge in [-0.3, -0.25) is 0 Å². The van der Waals surface area contributed by atoms with E-state index in [0.29, 0.717) is 12.0 Å². The first-order chi connectivity index (χ1) is 10.2.